The fourth-order valence-corrected chi connectivity index (χ4v) is 10.8. The first-order valence-corrected chi connectivity index (χ1v) is 37.5. The largest absolute Gasteiger partial charge is 0.265 e. The van der Waals surface area contributed by atoms with E-state index in [1.54, 1.807) is 99.1 Å². The third-order valence-electron chi connectivity index (χ3n) is 16.5. The van der Waals surface area contributed by atoms with Crippen LogP contribution in [0.4, 0.5) is 0 Å². The molecule has 0 aliphatic heterocycles. The summed E-state index contributed by atoms with van der Waals surface area (Å²) in [4.78, 5) is 83.0. The Balaban J connectivity index is 0.000000139. The summed E-state index contributed by atoms with van der Waals surface area (Å²) in [7, 11) is 0. The molecule has 576 valence electrons. The molecule has 0 unspecified atom stereocenters. The van der Waals surface area contributed by atoms with E-state index in [1.807, 2.05) is 300 Å². The van der Waals surface area contributed by atoms with Crippen LogP contribution in [0.2, 0.25) is 0 Å². The van der Waals surface area contributed by atoms with Gasteiger partial charge in [0, 0.05) is 215 Å². The third-order valence-corrected chi connectivity index (χ3v) is 16.5. The van der Waals surface area contributed by atoms with Crippen LogP contribution in [0.15, 0.2) is 373 Å². The number of pyridine rings is 12. The zero-order valence-corrected chi connectivity index (χ0v) is 66.7. The highest BCUT2D eigenvalue weighted by Crippen LogP contribution is 2.23. The predicted octanol–water partition coefficient (Wildman–Crippen LogP) is 20.9. The molecule has 20 nitrogen and oxygen atoms in total. The molecular weight excluding hydrogens is 1450 g/mol. The topological polar surface area (TPSA) is 258 Å². The van der Waals surface area contributed by atoms with Gasteiger partial charge >= 0.3 is 0 Å². The highest BCUT2D eigenvalue weighted by Gasteiger charge is 2.06. The lowest BCUT2D eigenvalue weighted by Gasteiger charge is -2.00. The maximum Gasteiger partial charge on any atom is 0.178 e. The van der Waals surface area contributed by atoms with Crippen molar-refractivity contribution in [2.24, 2.45) is 0 Å². The molecule has 0 saturated heterocycles. The SMILES string of the molecule is Cc1cc(-c2ccccc2)ccn1.Cc1cc(-c2ccccn2)ccn1.Cc1cc(-c2cccnc2)ccn1.Cc1cc(-c2ccncc2)ccn1.Cc1ccnc(-c2ccccc2)n1.Cc1ccnc(-c2ccccn2)n1.Cc1ccnc(-c2cccnc2)n1.Cc1ccnc(-c2ccncc2)n1.Cc1cncc(-c2ccncc2)c1. The average Bonchev–Trinajstić information content (AvgIpc) is 0.930. The molecule has 0 fully saturated rings. The highest BCUT2D eigenvalue weighted by atomic mass is 14.9. The Morgan fingerprint density at radius 2 is 0.470 bits per heavy atom. The summed E-state index contributed by atoms with van der Waals surface area (Å²) in [6.45, 7) is 17.8. The van der Waals surface area contributed by atoms with E-state index < -0.39 is 0 Å². The average molecular weight is 1530 g/mol. The molecule has 0 aliphatic carbocycles. The molecule has 0 N–H and O–H groups in total. The van der Waals surface area contributed by atoms with Crippen LogP contribution in [-0.2, 0) is 0 Å². The van der Waals surface area contributed by atoms with Gasteiger partial charge in [0.15, 0.2) is 23.3 Å². The Bertz CT molecular complexity index is 4720. The zero-order chi connectivity index (χ0) is 81.9. The van der Waals surface area contributed by atoms with Crippen LogP contribution >= 0.6 is 0 Å². The van der Waals surface area contributed by atoms with E-state index in [-0.39, 0.29) is 0 Å². The summed E-state index contributed by atoms with van der Waals surface area (Å²) in [6, 6.07) is 77.3. The first-order valence-electron chi connectivity index (χ1n) is 37.5. The van der Waals surface area contributed by atoms with E-state index in [0.717, 1.165) is 113 Å². The van der Waals surface area contributed by atoms with Crippen LogP contribution in [0.25, 0.3) is 101 Å². The molecule has 0 amide bonds. The van der Waals surface area contributed by atoms with Crippen molar-refractivity contribution in [2.45, 2.75) is 62.3 Å². The molecule has 0 radical (unpaired) electrons. The Morgan fingerprint density at radius 1 is 0.154 bits per heavy atom. The number of aryl methyl sites for hydroxylation is 9. The normalized spacial score (nSPS) is 9.92. The minimum atomic E-state index is 0.681. The number of rotatable bonds is 9. The first kappa shape index (κ1) is 84.0. The van der Waals surface area contributed by atoms with Crippen molar-refractivity contribution in [3.8, 4) is 101 Å². The number of hydrogen-bond acceptors (Lipinski definition) is 20. The molecule has 16 heterocycles. The van der Waals surface area contributed by atoms with Crippen LogP contribution < -0.4 is 0 Å². The fraction of sp³-hybridized carbons (Fsp3) is 0.0928. The van der Waals surface area contributed by atoms with Gasteiger partial charge in [-0.3, -0.25) is 59.8 Å². The molecule has 18 rings (SSSR count). The van der Waals surface area contributed by atoms with Crippen LogP contribution in [0.1, 0.15) is 51.1 Å². The van der Waals surface area contributed by atoms with Gasteiger partial charge in [-0.2, -0.15) is 0 Å². The summed E-state index contributed by atoms with van der Waals surface area (Å²) in [6.07, 6.45) is 39.4. The second-order valence-corrected chi connectivity index (χ2v) is 25.9. The van der Waals surface area contributed by atoms with Crippen molar-refractivity contribution in [1.29, 1.82) is 0 Å². The number of aromatic nitrogens is 20. The summed E-state index contributed by atoms with van der Waals surface area (Å²) < 4.78 is 0. The maximum absolute atomic E-state index is 4.33. The third kappa shape index (κ3) is 29.3. The lowest BCUT2D eigenvalue weighted by molar-refractivity contribution is 1.09. The number of hydrogen-bond donors (Lipinski definition) is 0. The van der Waals surface area contributed by atoms with Crippen LogP contribution in [0.3, 0.4) is 0 Å². The molecule has 2 aromatic carbocycles. The zero-order valence-electron chi connectivity index (χ0n) is 66.7. The standard InChI is InChI=1S/C12H11N.5C11H10N2.3C10H9N3/c1-10-9-12(7-8-13-10)11-5-3-2-4-6-11;1-9-8-11(4-7-13-9)10-2-5-12-6-3-10;1-9-6-11(8-13-7-9)10-2-4-12-5-3-10;1-9-7-10(4-6-13-9)11-3-2-5-12-8-11;1-9-8-10(5-7-12-9)11-4-2-3-6-13-11;1-9-7-8-12-11(13-9)10-5-3-2-4-6-10;1-8-2-7-12-10(13-8)9-3-5-11-6-4-9;1-8-4-6-12-10(13-8)9-3-2-5-11-7-9;1-8-5-7-12-10(13-8)9-4-2-3-6-11-9/h2-9H,1H3;5*2-8H,1H3;3*2-7H,1H3. The molecule has 0 spiro atoms. The van der Waals surface area contributed by atoms with E-state index in [2.05, 4.69) is 136 Å². The molecule has 0 aliphatic rings. The predicted molar refractivity (Wildman–Crippen MR) is 465 cm³/mol. The first-order chi connectivity index (χ1) is 57.2. The van der Waals surface area contributed by atoms with Crippen molar-refractivity contribution < 1.29 is 0 Å². The maximum atomic E-state index is 4.33. The quantitative estimate of drug-likeness (QED) is 0.130. The van der Waals surface area contributed by atoms with Crippen LogP contribution in [0.5, 0.6) is 0 Å². The molecule has 0 bridgehead atoms. The van der Waals surface area contributed by atoms with Crippen molar-refractivity contribution in [3.05, 3.63) is 424 Å². The lowest BCUT2D eigenvalue weighted by Crippen LogP contribution is -1.91. The number of nitrogens with zero attached hydrogens (tertiary/aromatic N) is 20. The Labute approximate surface area is 683 Å². The van der Waals surface area contributed by atoms with E-state index in [4.69, 9.17) is 0 Å². The van der Waals surface area contributed by atoms with Gasteiger partial charge in [-0.1, -0.05) is 78.9 Å². The van der Waals surface area contributed by atoms with Crippen LogP contribution in [-0.4, -0.2) is 99.7 Å². The van der Waals surface area contributed by atoms with Gasteiger partial charge in [0.05, 0.1) is 5.69 Å². The molecule has 18 aromatic rings. The van der Waals surface area contributed by atoms with Gasteiger partial charge in [0.2, 0.25) is 0 Å². The smallest absolute Gasteiger partial charge is 0.178 e. The van der Waals surface area contributed by atoms with E-state index >= 15 is 0 Å². The molecule has 0 atom stereocenters. The van der Waals surface area contributed by atoms with Gasteiger partial charge in [-0.05, 0) is 259 Å². The van der Waals surface area contributed by atoms with Gasteiger partial charge in [0.1, 0.15) is 5.69 Å². The molecular formula is C97H88N20. The lowest BCUT2D eigenvalue weighted by atomic mass is 10.1. The minimum Gasteiger partial charge on any atom is -0.265 e. The number of benzene rings is 2. The monoisotopic (exact) mass is 1530 g/mol. The summed E-state index contributed by atoms with van der Waals surface area (Å²) >= 11 is 0. The summed E-state index contributed by atoms with van der Waals surface area (Å²) in [5.74, 6) is 2.96. The highest BCUT2D eigenvalue weighted by molar-refractivity contribution is 5.66. The Kier molecular flexibility index (Phi) is 33.3. The van der Waals surface area contributed by atoms with Gasteiger partial charge in [-0.15, -0.1) is 0 Å². The summed E-state index contributed by atoms with van der Waals surface area (Å²) in [5.41, 5.74) is 24.6. The second-order valence-electron chi connectivity index (χ2n) is 25.9. The van der Waals surface area contributed by atoms with Crippen molar-refractivity contribution in [3.63, 3.8) is 0 Å². The fourth-order valence-electron chi connectivity index (χ4n) is 10.8. The van der Waals surface area contributed by atoms with Crippen LogP contribution in [0, 0.1) is 62.3 Å². The Morgan fingerprint density at radius 3 is 0.880 bits per heavy atom. The van der Waals surface area contributed by atoms with E-state index in [1.165, 1.54) is 33.4 Å². The Hall–Kier alpha value is -15.4. The van der Waals surface area contributed by atoms with Gasteiger partial charge < -0.3 is 0 Å². The second kappa shape index (κ2) is 46.4. The van der Waals surface area contributed by atoms with Crippen molar-refractivity contribution >= 4 is 0 Å². The molecule has 117 heavy (non-hydrogen) atoms. The van der Waals surface area contributed by atoms with E-state index in [9.17, 15) is 0 Å². The van der Waals surface area contributed by atoms with Gasteiger partial charge in [-0.25, -0.2) is 39.9 Å². The van der Waals surface area contributed by atoms with E-state index in [0.29, 0.717) is 5.82 Å². The minimum absolute atomic E-state index is 0.681. The summed E-state index contributed by atoms with van der Waals surface area (Å²) in [5, 5.41) is 0. The van der Waals surface area contributed by atoms with Gasteiger partial charge in [0.25, 0.3) is 0 Å². The molecule has 0 saturated carbocycles. The molecule has 16 aromatic heterocycles. The van der Waals surface area contributed by atoms with Crippen molar-refractivity contribution in [1.82, 2.24) is 99.7 Å². The van der Waals surface area contributed by atoms with Crippen molar-refractivity contribution in [2.75, 3.05) is 0 Å². The molecule has 20 heteroatoms.